The third-order valence-electron chi connectivity index (χ3n) is 2.55. The van der Waals surface area contributed by atoms with E-state index in [0.717, 1.165) is 11.3 Å². The van der Waals surface area contributed by atoms with Crippen LogP contribution in [0.3, 0.4) is 0 Å². The number of aryl methyl sites for hydroxylation is 1. The van der Waals surface area contributed by atoms with Gasteiger partial charge < -0.3 is 10.0 Å². The molecule has 15 heavy (non-hydrogen) atoms. The highest BCUT2D eigenvalue weighted by Crippen LogP contribution is 2.27. The van der Waals surface area contributed by atoms with Crippen molar-refractivity contribution in [3.05, 3.63) is 28.8 Å². The van der Waals surface area contributed by atoms with Crippen LogP contribution in [0, 0.1) is 6.92 Å². The topological polar surface area (TPSA) is 40.5 Å². The van der Waals surface area contributed by atoms with Crippen LogP contribution in [0.5, 0.6) is 0 Å². The molecule has 1 aromatic carbocycles. The second-order valence-electron chi connectivity index (χ2n) is 3.79. The highest BCUT2D eigenvalue weighted by molar-refractivity contribution is 6.30. The molecule has 4 heteroatoms. The number of hydrogen-bond acceptors (Lipinski definition) is 2. The van der Waals surface area contributed by atoms with Crippen molar-refractivity contribution in [2.45, 2.75) is 19.4 Å². The number of benzene rings is 1. The molecule has 1 N–H and O–H groups in total. The maximum atomic E-state index is 11.6. The first-order valence-electron chi connectivity index (χ1n) is 4.82. The summed E-state index contributed by atoms with van der Waals surface area (Å²) in [7, 11) is 0. The Morgan fingerprint density at radius 1 is 1.53 bits per heavy atom. The fourth-order valence-electron chi connectivity index (χ4n) is 1.84. The smallest absolute Gasteiger partial charge is 0.229 e. The molecule has 0 aliphatic carbocycles. The molecule has 0 radical (unpaired) electrons. The molecular weight excluding hydrogens is 214 g/mol. The zero-order valence-corrected chi connectivity index (χ0v) is 9.16. The van der Waals surface area contributed by atoms with E-state index in [-0.39, 0.29) is 12.3 Å². The fraction of sp³-hybridized carbons (Fsp3) is 0.364. The van der Waals surface area contributed by atoms with E-state index in [1.54, 1.807) is 11.0 Å². The van der Waals surface area contributed by atoms with Crippen LogP contribution in [0.15, 0.2) is 18.2 Å². The minimum Gasteiger partial charge on any atom is -0.391 e. The Kier molecular flexibility index (Phi) is 2.67. The van der Waals surface area contributed by atoms with Crippen molar-refractivity contribution in [3.63, 3.8) is 0 Å². The van der Waals surface area contributed by atoms with E-state index in [1.807, 2.05) is 19.1 Å². The molecule has 0 bridgehead atoms. The van der Waals surface area contributed by atoms with Gasteiger partial charge >= 0.3 is 0 Å². The van der Waals surface area contributed by atoms with Gasteiger partial charge in [-0.3, -0.25) is 4.79 Å². The van der Waals surface area contributed by atoms with Gasteiger partial charge in [-0.2, -0.15) is 0 Å². The van der Waals surface area contributed by atoms with Crippen molar-refractivity contribution in [2.75, 3.05) is 11.4 Å². The summed E-state index contributed by atoms with van der Waals surface area (Å²) in [6.45, 7) is 2.28. The first-order valence-corrected chi connectivity index (χ1v) is 5.20. The van der Waals surface area contributed by atoms with E-state index >= 15 is 0 Å². The number of rotatable bonds is 1. The van der Waals surface area contributed by atoms with Crippen molar-refractivity contribution in [1.82, 2.24) is 0 Å². The first-order chi connectivity index (χ1) is 7.08. The Morgan fingerprint density at radius 3 is 2.80 bits per heavy atom. The van der Waals surface area contributed by atoms with Crippen LogP contribution in [-0.2, 0) is 4.79 Å². The Morgan fingerprint density at radius 2 is 2.27 bits per heavy atom. The summed E-state index contributed by atoms with van der Waals surface area (Å²) in [6, 6.07) is 5.38. The molecule has 2 rings (SSSR count). The SMILES string of the molecule is Cc1cc(Cl)ccc1N1CC(O)CC1=O. The van der Waals surface area contributed by atoms with Crippen LogP contribution in [0.1, 0.15) is 12.0 Å². The van der Waals surface area contributed by atoms with Crippen molar-refractivity contribution in [1.29, 1.82) is 0 Å². The van der Waals surface area contributed by atoms with Gasteiger partial charge in [0.15, 0.2) is 0 Å². The van der Waals surface area contributed by atoms with E-state index in [0.29, 0.717) is 11.6 Å². The maximum absolute atomic E-state index is 11.6. The highest BCUT2D eigenvalue weighted by Gasteiger charge is 2.29. The summed E-state index contributed by atoms with van der Waals surface area (Å²) >= 11 is 5.84. The van der Waals surface area contributed by atoms with Crippen LogP contribution in [-0.4, -0.2) is 23.7 Å². The summed E-state index contributed by atoms with van der Waals surface area (Å²) in [4.78, 5) is 13.2. The van der Waals surface area contributed by atoms with Crippen molar-refractivity contribution < 1.29 is 9.90 Å². The summed E-state index contributed by atoms with van der Waals surface area (Å²) in [5, 5.41) is 10.0. The minimum absolute atomic E-state index is 0.0343. The van der Waals surface area contributed by atoms with Crippen LogP contribution >= 0.6 is 11.6 Å². The summed E-state index contributed by atoms with van der Waals surface area (Å²) in [6.07, 6.45) is -0.338. The number of carbonyl (C=O) groups excluding carboxylic acids is 1. The number of aliphatic hydroxyl groups is 1. The maximum Gasteiger partial charge on any atom is 0.229 e. The van der Waals surface area contributed by atoms with Crippen LogP contribution in [0.25, 0.3) is 0 Å². The molecule has 1 aromatic rings. The number of β-amino-alcohol motifs (C(OH)–C–C–N with tert-alkyl or cyclic N) is 1. The quantitative estimate of drug-likeness (QED) is 0.791. The summed E-state index contributed by atoms with van der Waals surface area (Å²) in [5.41, 5.74) is 1.78. The van der Waals surface area contributed by atoms with Gasteiger partial charge in [-0.1, -0.05) is 11.6 Å². The number of anilines is 1. The molecule has 1 aliphatic rings. The summed E-state index contributed by atoms with van der Waals surface area (Å²) < 4.78 is 0. The lowest BCUT2D eigenvalue weighted by Gasteiger charge is -2.18. The van der Waals surface area contributed by atoms with Gasteiger partial charge in [-0.05, 0) is 30.7 Å². The van der Waals surface area contributed by atoms with Gasteiger partial charge in [0.25, 0.3) is 0 Å². The molecular formula is C11H12ClNO2. The predicted octanol–water partition coefficient (Wildman–Crippen LogP) is 1.75. The van der Waals surface area contributed by atoms with E-state index < -0.39 is 6.10 Å². The second-order valence-corrected chi connectivity index (χ2v) is 4.23. The number of amides is 1. The summed E-state index contributed by atoms with van der Waals surface area (Å²) in [5.74, 6) is -0.0343. The number of halogens is 1. The molecule has 1 amide bonds. The lowest BCUT2D eigenvalue weighted by atomic mass is 10.2. The first kappa shape index (κ1) is 10.5. The number of nitrogens with zero attached hydrogens (tertiary/aromatic N) is 1. The Bertz CT molecular complexity index is 406. The highest BCUT2D eigenvalue weighted by atomic mass is 35.5. The molecule has 0 saturated carbocycles. The largest absolute Gasteiger partial charge is 0.391 e. The monoisotopic (exact) mass is 225 g/mol. The van der Waals surface area contributed by atoms with Gasteiger partial charge in [0.05, 0.1) is 19.1 Å². The van der Waals surface area contributed by atoms with Gasteiger partial charge in [-0.25, -0.2) is 0 Å². The molecule has 3 nitrogen and oxygen atoms in total. The van der Waals surface area contributed by atoms with Crippen molar-refractivity contribution in [2.24, 2.45) is 0 Å². The third kappa shape index (κ3) is 1.98. The van der Waals surface area contributed by atoms with Crippen LogP contribution in [0.4, 0.5) is 5.69 Å². The standard InChI is InChI=1S/C11H12ClNO2/c1-7-4-8(12)2-3-10(7)13-6-9(14)5-11(13)15/h2-4,9,14H,5-6H2,1H3. The molecule has 1 unspecified atom stereocenters. The van der Waals surface area contributed by atoms with Crippen LogP contribution < -0.4 is 4.90 Å². The van der Waals surface area contributed by atoms with Gasteiger partial charge in [-0.15, -0.1) is 0 Å². The average Bonchev–Trinajstić information content (AvgIpc) is 2.45. The molecule has 1 aliphatic heterocycles. The number of hydrogen-bond donors (Lipinski definition) is 1. The predicted molar refractivity (Wildman–Crippen MR) is 59.2 cm³/mol. The van der Waals surface area contributed by atoms with Gasteiger partial charge in [0, 0.05) is 10.7 Å². The fourth-order valence-corrected chi connectivity index (χ4v) is 2.07. The lowest BCUT2D eigenvalue weighted by molar-refractivity contribution is -0.117. The molecule has 1 heterocycles. The number of carbonyl (C=O) groups is 1. The second kappa shape index (κ2) is 3.83. The Hall–Kier alpha value is -1.06. The van der Waals surface area contributed by atoms with Crippen molar-refractivity contribution in [3.8, 4) is 0 Å². The molecule has 1 saturated heterocycles. The normalized spacial score (nSPS) is 21.1. The molecule has 0 aromatic heterocycles. The zero-order valence-electron chi connectivity index (χ0n) is 8.40. The van der Waals surface area contributed by atoms with E-state index in [1.165, 1.54) is 0 Å². The van der Waals surface area contributed by atoms with E-state index in [4.69, 9.17) is 11.6 Å². The third-order valence-corrected chi connectivity index (χ3v) is 2.79. The lowest BCUT2D eigenvalue weighted by Crippen LogP contribution is -2.25. The van der Waals surface area contributed by atoms with Crippen LogP contribution in [0.2, 0.25) is 5.02 Å². The van der Waals surface area contributed by atoms with E-state index in [9.17, 15) is 9.90 Å². The zero-order chi connectivity index (χ0) is 11.0. The molecule has 1 fully saturated rings. The Balaban J connectivity index is 2.34. The van der Waals surface area contributed by atoms with E-state index in [2.05, 4.69) is 0 Å². The van der Waals surface area contributed by atoms with Gasteiger partial charge in [0.1, 0.15) is 0 Å². The van der Waals surface area contributed by atoms with Crippen molar-refractivity contribution >= 4 is 23.2 Å². The number of aliphatic hydroxyl groups excluding tert-OH is 1. The molecule has 1 atom stereocenters. The average molecular weight is 226 g/mol. The Labute approximate surface area is 93.3 Å². The molecule has 80 valence electrons. The molecule has 0 spiro atoms. The van der Waals surface area contributed by atoms with Gasteiger partial charge in [0.2, 0.25) is 5.91 Å². The minimum atomic E-state index is -0.549.